The number of ketones is 1. The summed E-state index contributed by atoms with van der Waals surface area (Å²) < 4.78 is 47.5. The average Bonchev–Trinajstić information content (AvgIpc) is 3.94. The molecule has 324 valence electrons. The zero-order valence-electron chi connectivity index (χ0n) is 34.2. The van der Waals surface area contributed by atoms with Crippen molar-refractivity contribution in [1.82, 2.24) is 9.78 Å². The number of fused-ring (bicyclic) bond motifs is 5. The molecular formula is C48H36ClF3N4O7S. The molecule has 16 heteroatoms. The van der Waals surface area contributed by atoms with Crippen LogP contribution in [-0.2, 0) is 26.2 Å². The summed E-state index contributed by atoms with van der Waals surface area (Å²) in [6.45, 7) is 3.49. The van der Waals surface area contributed by atoms with E-state index in [9.17, 15) is 32.7 Å². The second-order valence-corrected chi connectivity index (χ2v) is 18.4. The molecule has 2 aromatic heterocycles. The second-order valence-electron chi connectivity index (χ2n) is 16.9. The van der Waals surface area contributed by atoms with Crippen LogP contribution in [0.3, 0.4) is 0 Å². The van der Waals surface area contributed by atoms with E-state index in [-0.39, 0.29) is 35.7 Å². The van der Waals surface area contributed by atoms with Crippen molar-refractivity contribution >= 4 is 73.9 Å². The number of hydrogen-bond acceptors (Lipinski definition) is 9. The Labute approximate surface area is 372 Å². The van der Waals surface area contributed by atoms with Gasteiger partial charge in [-0.05, 0) is 104 Å². The van der Waals surface area contributed by atoms with E-state index in [2.05, 4.69) is 4.74 Å². The number of carbonyl (C=O) groups excluding carboxylic acids is 5. The monoisotopic (exact) mass is 904 g/mol. The van der Waals surface area contributed by atoms with E-state index in [0.717, 1.165) is 48.5 Å². The van der Waals surface area contributed by atoms with Gasteiger partial charge in [0.05, 0.1) is 33.7 Å². The maximum Gasteiger partial charge on any atom is 0.573 e. The minimum atomic E-state index is -5.09. The Balaban J connectivity index is 1.05. The smallest absolute Gasteiger partial charge is 0.508 e. The van der Waals surface area contributed by atoms with Crippen molar-refractivity contribution in [1.29, 1.82) is 0 Å². The Morgan fingerprint density at radius 3 is 2.33 bits per heavy atom. The Morgan fingerprint density at radius 2 is 1.61 bits per heavy atom. The van der Waals surface area contributed by atoms with Gasteiger partial charge < -0.3 is 9.84 Å². The fourth-order valence-corrected chi connectivity index (χ4v) is 11.8. The minimum absolute atomic E-state index is 0.0373. The molecule has 2 saturated heterocycles. The van der Waals surface area contributed by atoms with Crippen molar-refractivity contribution in [3.05, 3.63) is 136 Å². The fraction of sp³-hybridized carbons (Fsp3) is 0.250. The minimum Gasteiger partial charge on any atom is -0.508 e. The molecule has 0 radical (unpaired) electrons. The Bertz CT molecular complexity index is 3040. The normalized spacial score (nSPS) is 24.2. The summed E-state index contributed by atoms with van der Waals surface area (Å²) in [4.78, 5) is 75.3. The maximum atomic E-state index is 15.2. The van der Waals surface area contributed by atoms with Gasteiger partial charge in [-0.3, -0.25) is 33.6 Å². The van der Waals surface area contributed by atoms with Gasteiger partial charge >= 0.3 is 6.36 Å². The number of imide groups is 2. The van der Waals surface area contributed by atoms with E-state index in [1.54, 1.807) is 62.5 Å². The first-order chi connectivity index (χ1) is 30.5. The zero-order valence-corrected chi connectivity index (χ0v) is 35.8. The van der Waals surface area contributed by atoms with Gasteiger partial charge in [-0.2, -0.15) is 5.10 Å². The third-order valence-corrected chi connectivity index (χ3v) is 15.0. The number of nitrogens with zero attached hydrogens (tertiary/aromatic N) is 4. The molecule has 64 heavy (non-hydrogen) atoms. The van der Waals surface area contributed by atoms with E-state index in [1.165, 1.54) is 40.3 Å². The van der Waals surface area contributed by atoms with Crippen LogP contribution in [0.2, 0.25) is 5.02 Å². The van der Waals surface area contributed by atoms with Gasteiger partial charge in [-0.1, -0.05) is 53.6 Å². The number of ether oxygens (including phenoxy) is 1. The first-order valence-corrected chi connectivity index (χ1v) is 21.6. The number of carbonyl (C=O) groups is 5. The van der Waals surface area contributed by atoms with E-state index in [4.69, 9.17) is 16.7 Å². The second kappa shape index (κ2) is 14.7. The Kier molecular flexibility index (Phi) is 9.54. The van der Waals surface area contributed by atoms with Crippen LogP contribution < -0.4 is 14.5 Å². The van der Waals surface area contributed by atoms with E-state index < -0.39 is 76.5 Å². The average molecular weight is 905 g/mol. The number of thiophene rings is 1. The lowest BCUT2D eigenvalue weighted by Gasteiger charge is -2.49. The molecule has 10 rings (SSSR count). The van der Waals surface area contributed by atoms with Crippen LogP contribution in [0.25, 0.3) is 20.7 Å². The molecule has 2 aliphatic heterocycles. The number of aromatic hydroxyl groups is 1. The van der Waals surface area contributed by atoms with Crippen LogP contribution >= 0.6 is 22.9 Å². The highest BCUT2D eigenvalue weighted by atomic mass is 35.5. The highest BCUT2D eigenvalue weighted by molar-refractivity contribution is 7.22. The number of amides is 4. The summed E-state index contributed by atoms with van der Waals surface area (Å²) in [6, 6.07) is 24.9. The first-order valence-electron chi connectivity index (χ1n) is 20.4. The molecule has 4 aliphatic rings. The molecule has 0 bridgehead atoms. The summed E-state index contributed by atoms with van der Waals surface area (Å²) >= 11 is 7.77. The number of benzene rings is 4. The third kappa shape index (κ3) is 6.30. The van der Waals surface area contributed by atoms with Gasteiger partial charge in [0.2, 0.25) is 23.6 Å². The van der Waals surface area contributed by atoms with Crippen LogP contribution in [0.1, 0.15) is 52.7 Å². The van der Waals surface area contributed by atoms with Crippen molar-refractivity contribution in [3.8, 4) is 22.1 Å². The maximum absolute atomic E-state index is 15.2. The molecular weight excluding hydrogens is 869 g/mol. The molecule has 2 aliphatic carbocycles. The quantitative estimate of drug-likeness (QED) is 0.0950. The number of halogens is 4. The highest BCUT2D eigenvalue weighted by Gasteiger charge is 2.68. The molecule has 4 amide bonds. The van der Waals surface area contributed by atoms with Crippen molar-refractivity contribution in [3.63, 3.8) is 0 Å². The van der Waals surface area contributed by atoms with Gasteiger partial charge in [0.25, 0.3) is 0 Å². The number of phenols is 1. The molecule has 6 aromatic rings. The molecule has 3 fully saturated rings. The topological polar surface area (TPSA) is 139 Å². The summed E-state index contributed by atoms with van der Waals surface area (Å²) in [5.74, 6) is -8.69. The molecule has 4 heterocycles. The SMILES string of the molecule is Cc1c(-c2cc(N3C(=O)[C@@H]4C[C@@H]5C(=CC[C@@H]6C(=O)N(c7ccc(C(=O)c8ccccc8)cc7)C(=O)[C@@H]65)[C@H](c5cc(OC(F)(F)F)ccc5O)[C@]4(C)C3=O)n(C)n2)sc2ccc(Cl)cc12. The van der Waals surface area contributed by atoms with E-state index >= 15 is 9.59 Å². The Morgan fingerprint density at radius 1 is 0.891 bits per heavy atom. The lowest BCUT2D eigenvalue weighted by molar-refractivity contribution is -0.274. The fourth-order valence-electron chi connectivity index (χ4n) is 10.5. The molecule has 1 N–H and O–H groups in total. The zero-order chi connectivity index (χ0) is 45.1. The highest BCUT2D eigenvalue weighted by Crippen LogP contribution is 2.65. The van der Waals surface area contributed by atoms with Crippen molar-refractivity contribution in [2.45, 2.75) is 39.0 Å². The van der Waals surface area contributed by atoms with Crippen LogP contribution in [0.15, 0.2) is 109 Å². The van der Waals surface area contributed by atoms with Crippen molar-refractivity contribution in [2.24, 2.45) is 36.1 Å². The molecule has 0 unspecified atom stereocenters. The number of aromatic nitrogens is 2. The number of phenolic OH excluding ortho intramolecular Hbond substituents is 1. The van der Waals surface area contributed by atoms with Gasteiger partial charge in [-0.25, -0.2) is 4.90 Å². The van der Waals surface area contributed by atoms with Crippen LogP contribution in [-0.4, -0.2) is 50.7 Å². The summed E-state index contributed by atoms with van der Waals surface area (Å²) in [6.07, 6.45) is -3.38. The number of hydrogen-bond donors (Lipinski definition) is 1. The third-order valence-electron chi connectivity index (χ3n) is 13.5. The number of allylic oxidation sites excluding steroid dienone is 2. The summed E-state index contributed by atoms with van der Waals surface area (Å²) in [5, 5.41) is 17.7. The van der Waals surface area contributed by atoms with Gasteiger partial charge in [0, 0.05) is 45.4 Å². The van der Waals surface area contributed by atoms with E-state index in [0.29, 0.717) is 27.4 Å². The molecule has 4 aromatic carbocycles. The summed E-state index contributed by atoms with van der Waals surface area (Å²) in [5.41, 5.74) is 1.07. The molecule has 0 spiro atoms. The first kappa shape index (κ1) is 41.4. The van der Waals surface area contributed by atoms with E-state index in [1.807, 2.05) is 19.1 Å². The van der Waals surface area contributed by atoms with Crippen molar-refractivity contribution < 1.29 is 47.0 Å². The van der Waals surface area contributed by atoms with Gasteiger partial charge in [-0.15, -0.1) is 24.5 Å². The largest absolute Gasteiger partial charge is 0.573 e. The number of aryl methyl sites for hydroxylation is 2. The Hall–Kier alpha value is -6.58. The molecule has 11 nitrogen and oxygen atoms in total. The molecule has 6 atom stereocenters. The lowest BCUT2D eigenvalue weighted by Crippen LogP contribution is -2.49. The predicted molar refractivity (Wildman–Crippen MR) is 232 cm³/mol. The molecule has 1 saturated carbocycles. The number of rotatable bonds is 7. The van der Waals surface area contributed by atoms with Crippen LogP contribution in [0.5, 0.6) is 11.5 Å². The number of anilines is 2. The predicted octanol–water partition coefficient (Wildman–Crippen LogP) is 9.53. The summed E-state index contributed by atoms with van der Waals surface area (Å²) in [7, 11) is 1.60. The van der Waals surface area contributed by atoms with Gasteiger partial charge in [0.1, 0.15) is 23.0 Å². The van der Waals surface area contributed by atoms with Gasteiger partial charge in [0.15, 0.2) is 5.78 Å². The standard InChI is InChI=1S/C48H36ClF3N4O7S/c1-23-31-19-26(49)11-18-37(31)64-42(23)35-22-38(54(3)53-35)56-44(60)34-21-32-29(40(47(34,2)46(56)62)33-20-28(14-17-36(33)57)63-48(50,51)52)15-16-30-39(32)45(61)55(43(30)59)27-12-9-25(10-13-27)41(58)24-7-5-4-6-8-24/h4-15,17-20,22,30,32,34,39-40,57H,16,21H2,1-3H3/t30-,32+,34-,39-,40+,47+/m0/s1. The number of alkyl halides is 3. The lowest BCUT2D eigenvalue weighted by atomic mass is 9.51. The van der Waals surface area contributed by atoms with Crippen LogP contribution in [0, 0.1) is 36.0 Å². The van der Waals surface area contributed by atoms with Crippen molar-refractivity contribution in [2.75, 3.05) is 9.80 Å². The van der Waals surface area contributed by atoms with Crippen LogP contribution in [0.4, 0.5) is 24.7 Å².